The fourth-order valence-corrected chi connectivity index (χ4v) is 2.02. The molecular formula is C20H29NO5. The monoisotopic (exact) mass is 363 g/mol. The second-order valence-electron chi connectivity index (χ2n) is 6.63. The van der Waals surface area contributed by atoms with Crippen molar-refractivity contribution in [2.24, 2.45) is 5.92 Å². The van der Waals surface area contributed by atoms with Crippen LogP contribution in [0.5, 0.6) is 11.5 Å². The molecule has 0 aromatic heterocycles. The van der Waals surface area contributed by atoms with Gasteiger partial charge >= 0.3 is 5.97 Å². The summed E-state index contributed by atoms with van der Waals surface area (Å²) < 4.78 is 16.1. The summed E-state index contributed by atoms with van der Waals surface area (Å²) in [6.45, 7) is 9.93. The van der Waals surface area contributed by atoms with Gasteiger partial charge in [-0.1, -0.05) is 19.9 Å². The molecule has 0 fully saturated rings. The molecule has 0 saturated heterocycles. The smallest absolute Gasteiger partial charge is 0.331 e. The molecule has 0 heterocycles. The fourth-order valence-electron chi connectivity index (χ4n) is 2.02. The van der Waals surface area contributed by atoms with E-state index in [9.17, 15) is 9.59 Å². The second-order valence-corrected chi connectivity index (χ2v) is 6.63. The van der Waals surface area contributed by atoms with Gasteiger partial charge in [-0.05, 0) is 50.5 Å². The average molecular weight is 363 g/mol. The summed E-state index contributed by atoms with van der Waals surface area (Å²) >= 11 is 0. The molecule has 1 N–H and O–H groups in total. The first-order valence-corrected chi connectivity index (χ1v) is 8.74. The van der Waals surface area contributed by atoms with Crippen LogP contribution in [0.1, 0.15) is 40.2 Å². The van der Waals surface area contributed by atoms with E-state index in [-0.39, 0.29) is 12.0 Å². The van der Waals surface area contributed by atoms with E-state index < -0.39 is 12.1 Å². The minimum Gasteiger partial charge on any atom is -0.493 e. The summed E-state index contributed by atoms with van der Waals surface area (Å²) in [5, 5.41) is 2.73. The van der Waals surface area contributed by atoms with Crippen LogP contribution in [-0.2, 0) is 14.3 Å². The molecule has 6 nitrogen and oxygen atoms in total. The van der Waals surface area contributed by atoms with Gasteiger partial charge in [0.1, 0.15) is 0 Å². The van der Waals surface area contributed by atoms with E-state index in [1.54, 1.807) is 32.2 Å². The van der Waals surface area contributed by atoms with Crippen LogP contribution in [0.25, 0.3) is 6.08 Å². The van der Waals surface area contributed by atoms with Crippen LogP contribution in [0.3, 0.4) is 0 Å². The van der Waals surface area contributed by atoms with Gasteiger partial charge in [0.05, 0.1) is 13.2 Å². The molecule has 1 aromatic carbocycles. The van der Waals surface area contributed by atoms with Crippen molar-refractivity contribution in [2.75, 3.05) is 13.7 Å². The molecule has 1 amide bonds. The Morgan fingerprint density at radius 3 is 2.38 bits per heavy atom. The van der Waals surface area contributed by atoms with E-state index in [2.05, 4.69) is 5.32 Å². The molecule has 1 rings (SSSR count). The van der Waals surface area contributed by atoms with Crippen molar-refractivity contribution in [2.45, 2.75) is 46.8 Å². The lowest BCUT2D eigenvalue weighted by atomic mass is 10.2. The maximum absolute atomic E-state index is 11.9. The minimum atomic E-state index is -0.845. The zero-order chi connectivity index (χ0) is 19.7. The number of rotatable bonds is 9. The zero-order valence-corrected chi connectivity index (χ0v) is 16.4. The molecule has 0 aliphatic carbocycles. The Morgan fingerprint density at radius 2 is 1.81 bits per heavy atom. The predicted octanol–water partition coefficient (Wildman–Crippen LogP) is 3.20. The third-order valence-electron chi connectivity index (χ3n) is 3.31. The first kappa shape index (κ1) is 21.5. The van der Waals surface area contributed by atoms with Crippen LogP contribution < -0.4 is 14.8 Å². The highest BCUT2D eigenvalue weighted by Gasteiger charge is 2.16. The minimum absolute atomic E-state index is 0.0311. The summed E-state index contributed by atoms with van der Waals surface area (Å²) in [7, 11) is 1.56. The molecule has 144 valence electrons. The van der Waals surface area contributed by atoms with Crippen LogP contribution in [-0.4, -0.2) is 37.7 Å². The standard InChI is InChI=1S/C20H29NO5/c1-13(2)12-21-20(23)15(5)26-19(22)10-8-16-7-9-17(25-14(3)4)18(11-16)24-6/h7-11,13-15H,12H2,1-6H3,(H,21,23)/b10-8+/t15-/m1/s1. The molecule has 26 heavy (non-hydrogen) atoms. The van der Waals surface area contributed by atoms with Crippen molar-refractivity contribution in [3.8, 4) is 11.5 Å². The lowest BCUT2D eigenvalue weighted by Gasteiger charge is -2.14. The molecule has 0 bridgehead atoms. The predicted molar refractivity (Wildman–Crippen MR) is 101 cm³/mol. The van der Waals surface area contributed by atoms with E-state index in [0.29, 0.717) is 24.0 Å². The summed E-state index contributed by atoms with van der Waals surface area (Å²) in [6, 6.07) is 5.36. The van der Waals surface area contributed by atoms with Gasteiger partial charge in [-0.15, -0.1) is 0 Å². The number of carbonyl (C=O) groups is 2. The number of carbonyl (C=O) groups excluding carboxylic acids is 2. The van der Waals surface area contributed by atoms with Crippen LogP contribution >= 0.6 is 0 Å². The molecule has 0 aliphatic rings. The van der Waals surface area contributed by atoms with Gasteiger partial charge in [0.25, 0.3) is 5.91 Å². The Labute approximate surface area is 155 Å². The molecule has 6 heteroatoms. The largest absolute Gasteiger partial charge is 0.493 e. The van der Waals surface area contributed by atoms with Crippen molar-refractivity contribution in [1.29, 1.82) is 0 Å². The van der Waals surface area contributed by atoms with E-state index in [0.717, 1.165) is 5.56 Å². The third-order valence-corrected chi connectivity index (χ3v) is 3.31. The number of hydrogen-bond acceptors (Lipinski definition) is 5. The Balaban J connectivity index is 2.66. The molecule has 1 aromatic rings. The van der Waals surface area contributed by atoms with Gasteiger partial charge < -0.3 is 19.5 Å². The molecule has 0 radical (unpaired) electrons. The van der Waals surface area contributed by atoms with Gasteiger partial charge in [-0.25, -0.2) is 4.79 Å². The average Bonchev–Trinajstić information content (AvgIpc) is 2.58. The van der Waals surface area contributed by atoms with Gasteiger partial charge in [-0.3, -0.25) is 4.79 Å². The van der Waals surface area contributed by atoms with E-state index in [1.807, 2.05) is 33.8 Å². The van der Waals surface area contributed by atoms with Gasteiger partial charge in [0, 0.05) is 12.6 Å². The molecular weight excluding hydrogens is 334 g/mol. The Hall–Kier alpha value is -2.50. The third kappa shape index (κ3) is 7.59. The quantitative estimate of drug-likeness (QED) is 0.539. The van der Waals surface area contributed by atoms with Gasteiger partial charge in [0.2, 0.25) is 0 Å². The van der Waals surface area contributed by atoms with E-state index >= 15 is 0 Å². The van der Waals surface area contributed by atoms with E-state index in [1.165, 1.54) is 6.08 Å². The lowest BCUT2D eigenvalue weighted by molar-refractivity contribution is -0.150. The van der Waals surface area contributed by atoms with Crippen LogP contribution in [0.15, 0.2) is 24.3 Å². The number of hydrogen-bond donors (Lipinski definition) is 1. The van der Waals surface area contributed by atoms with Crippen LogP contribution in [0, 0.1) is 5.92 Å². The van der Waals surface area contributed by atoms with Crippen molar-refractivity contribution in [3.05, 3.63) is 29.8 Å². The SMILES string of the molecule is COc1cc(/C=C/C(=O)O[C@H](C)C(=O)NCC(C)C)ccc1OC(C)C. The van der Waals surface area contributed by atoms with Crippen LogP contribution in [0.4, 0.5) is 0 Å². The normalized spacial score (nSPS) is 12.3. The number of amides is 1. The Bertz CT molecular complexity index is 637. The summed E-state index contributed by atoms with van der Waals surface area (Å²) in [4.78, 5) is 23.7. The molecule has 0 unspecified atom stereocenters. The highest BCUT2D eigenvalue weighted by Crippen LogP contribution is 2.29. The number of benzene rings is 1. The molecule has 1 atom stereocenters. The van der Waals surface area contributed by atoms with E-state index in [4.69, 9.17) is 14.2 Å². The van der Waals surface area contributed by atoms with Gasteiger partial charge in [0.15, 0.2) is 17.6 Å². The number of nitrogens with one attached hydrogen (secondary N) is 1. The number of esters is 1. The summed E-state index contributed by atoms with van der Waals surface area (Å²) in [5.41, 5.74) is 0.756. The van der Waals surface area contributed by atoms with Crippen LogP contribution in [0.2, 0.25) is 0 Å². The highest BCUT2D eigenvalue weighted by atomic mass is 16.5. The first-order chi connectivity index (χ1) is 12.2. The maximum atomic E-state index is 11.9. The van der Waals surface area contributed by atoms with Crippen molar-refractivity contribution < 1.29 is 23.8 Å². The molecule has 0 saturated carbocycles. The Morgan fingerprint density at radius 1 is 1.12 bits per heavy atom. The summed E-state index contributed by atoms with van der Waals surface area (Å²) in [5.74, 6) is 0.656. The first-order valence-electron chi connectivity index (χ1n) is 8.74. The summed E-state index contributed by atoms with van der Waals surface area (Å²) in [6.07, 6.45) is 2.07. The zero-order valence-electron chi connectivity index (χ0n) is 16.4. The maximum Gasteiger partial charge on any atom is 0.331 e. The van der Waals surface area contributed by atoms with Crippen molar-refractivity contribution in [3.63, 3.8) is 0 Å². The Kier molecular flexibility index (Phi) is 8.68. The second kappa shape index (κ2) is 10.5. The number of methoxy groups -OCH3 is 1. The topological polar surface area (TPSA) is 73.9 Å². The fraction of sp³-hybridized carbons (Fsp3) is 0.500. The van der Waals surface area contributed by atoms with Gasteiger partial charge in [-0.2, -0.15) is 0 Å². The highest BCUT2D eigenvalue weighted by molar-refractivity contribution is 5.90. The molecule has 0 aliphatic heterocycles. The lowest BCUT2D eigenvalue weighted by Crippen LogP contribution is -2.37. The van der Waals surface area contributed by atoms with Crippen molar-refractivity contribution >= 4 is 18.0 Å². The molecule has 0 spiro atoms. The van der Waals surface area contributed by atoms with Crippen molar-refractivity contribution in [1.82, 2.24) is 5.32 Å². The number of ether oxygens (including phenoxy) is 3.